The minimum atomic E-state index is -1.01. The highest BCUT2D eigenvalue weighted by Crippen LogP contribution is 2.23. The fourth-order valence-corrected chi connectivity index (χ4v) is 3.16. The van der Waals surface area contributed by atoms with Crippen LogP contribution in [-0.4, -0.2) is 46.4 Å². The van der Waals surface area contributed by atoms with Crippen LogP contribution in [0.2, 0.25) is 0 Å². The highest BCUT2D eigenvalue weighted by atomic mass is 19.1. The van der Waals surface area contributed by atoms with E-state index in [9.17, 15) is 23.2 Å². The normalized spacial score (nSPS) is 18.0. The van der Waals surface area contributed by atoms with Crippen LogP contribution in [0.5, 0.6) is 0 Å². The SMILES string of the molecule is CC(C)C(NC(=O)c1c(F)cccc1F)C(=O)N1CCCC1CC(=O)O. The molecule has 0 bridgehead atoms. The molecule has 1 aliphatic heterocycles. The number of nitrogens with one attached hydrogen (secondary N) is 1. The van der Waals surface area contributed by atoms with Crippen molar-refractivity contribution in [3.05, 3.63) is 35.4 Å². The second-order valence-electron chi connectivity index (χ2n) is 6.72. The Labute approximate surface area is 150 Å². The van der Waals surface area contributed by atoms with Gasteiger partial charge in [0.1, 0.15) is 23.2 Å². The molecule has 0 radical (unpaired) electrons. The number of carboxylic acids is 1. The molecule has 2 amide bonds. The van der Waals surface area contributed by atoms with Gasteiger partial charge in [-0.1, -0.05) is 19.9 Å². The van der Waals surface area contributed by atoms with Gasteiger partial charge in [0.15, 0.2) is 0 Å². The van der Waals surface area contributed by atoms with Crippen LogP contribution in [-0.2, 0) is 9.59 Å². The lowest BCUT2D eigenvalue weighted by Crippen LogP contribution is -2.53. The van der Waals surface area contributed by atoms with Crippen molar-refractivity contribution in [2.24, 2.45) is 5.92 Å². The third kappa shape index (κ3) is 4.36. The Hall–Kier alpha value is -2.51. The van der Waals surface area contributed by atoms with Gasteiger partial charge in [-0.3, -0.25) is 14.4 Å². The zero-order valence-corrected chi connectivity index (χ0v) is 14.7. The van der Waals surface area contributed by atoms with E-state index in [0.717, 1.165) is 18.2 Å². The van der Waals surface area contributed by atoms with Crippen molar-refractivity contribution in [1.29, 1.82) is 0 Å². The van der Waals surface area contributed by atoms with E-state index in [1.165, 1.54) is 4.90 Å². The minimum absolute atomic E-state index is 0.174. The van der Waals surface area contributed by atoms with Crippen LogP contribution >= 0.6 is 0 Å². The number of carboxylic acid groups (broad SMARTS) is 1. The van der Waals surface area contributed by atoms with E-state index >= 15 is 0 Å². The molecule has 0 aliphatic carbocycles. The smallest absolute Gasteiger partial charge is 0.305 e. The Morgan fingerprint density at radius 2 is 1.88 bits per heavy atom. The molecular formula is C18H22F2N2O4. The third-order valence-corrected chi connectivity index (χ3v) is 4.48. The molecule has 26 heavy (non-hydrogen) atoms. The maximum atomic E-state index is 13.8. The van der Waals surface area contributed by atoms with E-state index < -0.39 is 47.1 Å². The van der Waals surface area contributed by atoms with Crippen molar-refractivity contribution < 1.29 is 28.3 Å². The minimum Gasteiger partial charge on any atom is -0.481 e. The monoisotopic (exact) mass is 368 g/mol. The lowest BCUT2D eigenvalue weighted by molar-refractivity contribution is -0.140. The number of halogens is 2. The second-order valence-corrected chi connectivity index (χ2v) is 6.72. The first-order chi connectivity index (χ1) is 12.2. The molecule has 142 valence electrons. The van der Waals surface area contributed by atoms with Gasteiger partial charge in [0.2, 0.25) is 5.91 Å². The number of benzene rings is 1. The molecule has 1 heterocycles. The third-order valence-electron chi connectivity index (χ3n) is 4.48. The molecule has 2 N–H and O–H groups in total. The second kappa shape index (κ2) is 8.25. The average molecular weight is 368 g/mol. The number of hydrogen-bond acceptors (Lipinski definition) is 3. The molecule has 1 saturated heterocycles. The molecule has 2 atom stereocenters. The number of carbonyl (C=O) groups excluding carboxylic acids is 2. The lowest BCUT2D eigenvalue weighted by Gasteiger charge is -2.30. The first-order valence-corrected chi connectivity index (χ1v) is 8.49. The van der Waals surface area contributed by atoms with Crippen LogP contribution in [0.15, 0.2) is 18.2 Å². The quantitative estimate of drug-likeness (QED) is 0.806. The van der Waals surface area contributed by atoms with Crippen LogP contribution < -0.4 is 5.32 Å². The summed E-state index contributed by atoms with van der Waals surface area (Å²) in [6, 6.07) is 1.63. The number of nitrogens with zero attached hydrogens (tertiary/aromatic N) is 1. The van der Waals surface area contributed by atoms with Crippen molar-refractivity contribution in [2.45, 2.75) is 45.2 Å². The van der Waals surface area contributed by atoms with Crippen LogP contribution in [0.4, 0.5) is 8.78 Å². The summed E-state index contributed by atoms with van der Waals surface area (Å²) >= 11 is 0. The predicted molar refractivity (Wildman–Crippen MR) is 89.4 cm³/mol. The van der Waals surface area contributed by atoms with E-state index in [0.29, 0.717) is 19.4 Å². The molecule has 0 spiro atoms. The van der Waals surface area contributed by atoms with Gasteiger partial charge in [-0.2, -0.15) is 0 Å². The molecular weight excluding hydrogens is 346 g/mol. The Bertz CT molecular complexity index is 688. The Balaban J connectivity index is 2.19. The van der Waals surface area contributed by atoms with Crippen molar-refractivity contribution in [3.63, 3.8) is 0 Å². The summed E-state index contributed by atoms with van der Waals surface area (Å²) in [7, 11) is 0. The molecule has 0 aromatic heterocycles. The molecule has 6 nitrogen and oxygen atoms in total. The van der Waals surface area contributed by atoms with Gasteiger partial charge >= 0.3 is 5.97 Å². The summed E-state index contributed by atoms with van der Waals surface area (Å²) in [6.45, 7) is 3.79. The Morgan fingerprint density at radius 3 is 2.42 bits per heavy atom. The summed E-state index contributed by atoms with van der Waals surface area (Å²) in [5, 5.41) is 11.4. The van der Waals surface area contributed by atoms with Gasteiger partial charge in [0, 0.05) is 12.6 Å². The number of aliphatic carboxylic acids is 1. The molecule has 8 heteroatoms. The summed E-state index contributed by atoms with van der Waals surface area (Å²) in [4.78, 5) is 37.6. The highest BCUT2D eigenvalue weighted by molar-refractivity contribution is 5.98. The molecule has 1 aromatic carbocycles. The predicted octanol–water partition coefficient (Wildman–Crippen LogP) is 2.18. The van der Waals surface area contributed by atoms with E-state index in [4.69, 9.17) is 5.11 Å². The van der Waals surface area contributed by atoms with E-state index in [1.54, 1.807) is 13.8 Å². The average Bonchev–Trinajstić information content (AvgIpc) is 2.98. The standard InChI is InChI=1S/C18H22F2N2O4/c1-10(2)16(18(26)22-8-4-5-11(22)9-14(23)24)21-17(25)15-12(19)6-3-7-13(15)20/h3,6-7,10-11,16H,4-5,8-9H2,1-2H3,(H,21,25)(H,23,24). The van der Waals surface area contributed by atoms with Crippen molar-refractivity contribution in [3.8, 4) is 0 Å². The maximum absolute atomic E-state index is 13.8. The van der Waals surface area contributed by atoms with Crippen LogP contribution in [0.25, 0.3) is 0 Å². The highest BCUT2D eigenvalue weighted by Gasteiger charge is 2.36. The summed E-state index contributed by atoms with van der Waals surface area (Å²) in [6.07, 6.45) is 1.07. The largest absolute Gasteiger partial charge is 0.481 e. The Kier molecular flexibility index (Phi) is 6.28. The molecule has 2 unspecified atom stereocenters. The van der Waals surface area contributed by atoms with Gasteiger partial charge in [0.25, 0.3) is 5.91 Å². The fourth-order valence-electron chi connectivity index (χ4n) is 3.16. The number of rotatable bonds is 6. The van der Waals surface area contributed by atoms with Crippen molar-refractivity contribution >= 4 is 17.8 Å². The molecule has 2 rings (SSSR count). The zero-order valence-electron chi connectivity index (χ0n) is 14.7. The molecule has 1 fully saturated rings. The van der Waals surface area contributed by atoms with E-state index in [1.807, 2.05) is 0 Å². The van der Waals surface area contributed by atoms with Gasteiger partial charge in [-0.05, 0) is 30.9 Å². The zero-order chi connectivity index (χ0) is 19.4. The molecule has 1 aliphatic rings. The first kappa shape index (κ1) is 19.8. The van der Waals surface area contributed by atoms with E-state index in [-0.39, 0.29) is 12.3 Å². The number of hydrogen-bond donors (Lipinski definition) is 2. The number of likely N-dealkylation sites (tertiary alicyclic amines) is 1. The van der Waals surface area contributed by atoms with Gasteiger partial charge in [0.05, 0.1) is 6.42 Å². The first-order valence-electron chi connectivity index (χ1n) is 8.49. The van der Waals surface area contributed by atoms with Crippen molar-refractivity contribution in [1.82, 2.24) is 10.2 Å². The Morgan fingerprint density at radius 1 is 1.27 bits per heavy atom. The van der Waals surface area contributed by atoms with Gasteiger partial charge < -0.3 is 15.3 Å². The topological polar surface area (TPSA) is 86.7 Å². The van der Waals surface area contributed by atoms with Gasteiger partial charge in [-0.15, -0.1) is 0 Å². The van der Waals surface area contributed by atoms with Crippen LogP contribution in [0.1, 0.15) is 43.5 Å². The summed E-state index contributed by atoms with van der Waals surface area (Å²) in [5.41, 5.74) is -0.741. The molecule has 1 aromatic rings. The van der Waals surface area contributed by atoms with Crippen LogP contribution in [0.3, 0.4) is 0 Å². The fraction of sp³-hybridized carbons (Fsp3) is 0.500. The number of amides is 2. The van der Waals surface area contributed by atoms with E-state index in [2.05, 4.69) is 5.32 Å². The van der Waals surface area contributed by atoms with Crippen LogP contribution in [0, 0.1) is 17.6 Å². The summed E-state index contributed by atoms with van der Waals surface area (Å²) in [5.74, 6) is -4.82. The maximum Gasteiger partial charge on any atom is 0.305 e. The summed E-state index contributed by atoms with van der Waals surface area (Å²) < 4.78 is 27.6. The number of carbonyl (C=O) groups is 3. The van der Waals surface area contributed by atoms with Gasteiger partial charge in [-0.25, -0.2) is 8.78 Å². The lowest BCUT2D eigenvalue weighted by atomic mass is 10.0. The molecule has 0 saturated carbocycles. The van der Waals surface area contributed by atoms with Crippen molar-refractivity contribution in [2.75, 3.05) is 6.54 Å².